The molecular formula is C17H17N3O2S2. The molecule has 5 nitrogen and oxygen atoms in total. The molecule has 0 spiro atoms. The largest absolute Gasteiger partial charge is 0.340 e. The molecule has 0 aliphatic heterocycles. The molecule has 124 valence electrons. The standard InChI is InChI=1S/C17H17N3O2S2/c1-12-5-3-6-13(2)17(12)19-15-9-8-14(11-18-15)20-24(21,22)16-7-4-10-23-16/h3-11,20H,1-2H3,(H,18,19). The van der Waals surface area contributed by atoms with E-state index in [0.717, 1.165) is 16.8 Å². The Morgan fingerprint density at radius 2 is 1.75 bits per heavy atom. The molecule has 0 unspecified atom stereocenters. The smallest absolute Gasteiger partial charge is 0.271 e. The summed E-state index contributed by atoms with van der Waals surface area (Å²) in [5.74, 6) is 0.659. The van der Waals surface area contributed by atoms with E-state index >= 15 is 0 Å². The number of thiophene rings is 1. The minimum atomic E-state index is -3.55. The fourth-order valence-corrected chi connectivity index (χ4v) is 4.33. The van der Waals surface area contributed by atoms with Crippen LogP contribution in [0, 0.1) is 13.8 Å². The Balaban J connectivity index is 1.77. The Bertz CT molecular complexity index is 914. The molecular weight excluding hydrogens is 342 g/mol. The van der Waals surface area contributed by atoms with Crippen molar-refractivity contribution in [2.45, 2.75) is 18.1 Å². The molecule has 24 heavy (non-hydrogen) atoms. The van der Waals surface area contributed by atoms with Crippen molar-refractivity contribution >= 4 is 38.6 Å². The fourth-order valence-electron chi connectivity index (χ4n) is 2.29. The van der Waals surface area contributed by atoms with Gasteiger partial charge in [-0.2, -0.15) is 0 Å². The first-order chi connectivity index (χ1) is 11.5. The number of hydrogen-bond acceptors (Lipinski definition) is 5. The van der Waals surface area contributed by atoms with Gasteiger partial charge in [0.05, 0.1) is 11.9 Å². The first-order valence-electron chi connectivity index (χ1n) is 7.31. The molecule has 2 N–H and O–H groups in total. The highest BCUT2D eigenvalue weighted by Gasteiger charge is 2.15. The summed E-state index contributed by atoms with van der Waals surface area (Å²) in [5.41, 5.74) is 3.69. The van der Waals surface area contributed by atoms with E-state index in [2.05, 4.69) is 15.0 Å². The number of hydrogen-bond donors (Lipinski definition) is 2. The zero-order valence-corrected chi connectivity index (χ0v) is 14.9. The number of nitrogens with one attached hydrogen (secondary N) is 2. The van der Waals surface area contributed by atoms with E-state index in [4.69, 9.17) is 0 Å². The van der Waals surface area contributed by atoms with Crippen molar-refractivity contribution in [3.8, 4) is 0 Å². The maximum absolute atomic E-state index is 12.2. The summed E-state index contributed by atoms with van der Waals surface area (Å²) >= 11 is 1.17. The highest BCUT2D eigenvalue weighted by molar-refractivity contribution is 7.94. The van der Waals surface area contributed by atoms with Crippen LogP contribution in [0.2, 0.25) is 0 Å². The number of pyridine rings is 1. The van der Waals surface area contributed by atoms with Crippen LogP contribution in [0.4, 0.5) is 17.2 Å². The van der Waals surface area contributed by atoms with Gasteiger partial charge in [0.1, 0.15) is 10.0 Å². The maximum atomic E-state index is 12.2. The van der Waals surface area contributed by atoms with Crippen LogP contribution >= 0.6 is 11.3 Å². The maximum Gasteiger partial charge on any atom is 0.271 e. The highest BCUT2D eigenvalue weighted by atomic mass is 32.2. The van der Waals surface area contributed by atoms with Crippen molar-refractivity contribution in [3.05, 3.63) is 65.2 Å². The van der Waals surface area contributed by atoms with Gasteiger partial charge in [0, 0.05) is 5.69 Å². The molecule has 0 atom stereocenters. The predicted molar refractivity (Wildman–Crippen MR) is 98.6 cm³/mol. The van der Waals surface area contributed by atoms with E-state index in [9.17, 15) is 8.42 Å². The van der Waals surface area contributed by atoms with Gasteiger partial charge < -0.3 is 5.32 Å². The third-order valence-corrected chi connectivity index (χ3v) is 6.29. The predicted octanol–water partition coefficient (Wildman–Crippen LogP) is 4.30. The second-order valence-corrected chi connectivity index (χ2v) is 8.22. The van der Waals surface area contributed by atoms with E-state index in [1.165, 1.54) is 17.5 Å². The monoisotopic (exact) mass is 359 g/mol. The van der Waals surface area contributed by atoms with Gasteiger partial charge in [0.2, 0.25) is 0 Å². The van der Waals surface area contributed by atoms with Gasteiger partial charge in [-0.3, -0.25) is 4.72 Å². The first-order valence-corrected chi connectivity index (χ1v) is 9.67. The third-order valence-electron chi connectivity index (χ3n) is 3.51. The summed E-state index contributed by atoms with van der Waals surface area (Å²) in [4.78, 5) is 4.29. The average molecular weight is 359 g/mol. The van der Waals surface area contributed by atoms with Gasteiger partial charge in [-0.1, -0.05) is 24.3 Å². The number of aromatic nitrogens is 1. The van der Waals surface area contributed by atoms with Crippen LogP contribution in [0.25, 0.3) is 0 Å². The number of rotatable bonds is 5. The minimum Gasteiger partial charge on any atom is -0.340 e. The molecule has 2 aromatic heterocycles. The molecule has 1 aromatic carbocycles. The van der Waals surface area contributed by atoms with Crippen molar-refractivity contribution in [3.63, 3.8) is 0 Å². The summed E-state index contributed by atoms with van der Waals surface area (Å²) in [6.45, 7) is 4.05. The van der Waals surface area contributed by atoms with E-state index in [1.807, 2.05) is 32.0 Å². The molecule has 0 saturated carbocycles. The van der Waals surface area contributed by atoms with Gasteiger partial charge in [-0.25, -0.2) is 13.4 Å². The molecule has 0 radical (unpaired) electrons. The van der Waals surface area contributed by atoms with Gasteiger partial charge in [-0.05, 0) is 48.6 Å². The molecule has 0 amide bonds. The quantitative estimate of drug-likeness (QED) is 0.712. The second-order valence-electron chi connectivity index (χ2n) is 5.36. The van der Waals surface area contributed by atoms with Crippen LogP contribution in [0.15, 0.2) is 58.3 Å². The van der Waals surface area contributed by atoms with E-state index < -0.39 is 10.0 Å². The summed E-state index contributed by atoms with van der Waals surface area (Å²) < 4.78 is 27.2. The second kappa shape index (κ2) is 6.62. The average Bonchev–Trinajstić information content (AvgIpc) is 3.08. The van der Waals surface area contributed by atoms with Gasteiger partial charge in [-0.15, -0.1) is 11.3 Å². The highest BCUT2D eigenvalue weighted by Crippen LogP contribution is 2.24. The normalized spacial score (nSPS) is 11.2. The Morgan fingerprint density at radius 3 is 2.33 bits per heavy atom. The molecule has 3 aromatic rings. The SMILES string of the molecule is Cc1cccc(C)c1Nc1ccc(NS(=O)(=O)c2cccs2)cn1. The number of para-hydroxylation sites is 1. The molecule has 0 bridgehead atoms. The number of sulfonamides is 1. The minimum absolute atomic E-state index is 0.278. The van der Waals surface area contributed by atoms with E-state index in [-0.39, 0.29) is 4.21 Å². The lowest BCUT2D eigenvalue weighted by atomic mass is 10.1. The van der Waals surface area contributed by atoms with Crippen molar-refractivity contribution < 1.29 is 8.42 Å². The molecule has 7 heteroatoms. The van der Waals surface area contributed by atoms with Crippen molar-refractivity contribution in [1.82, 2.24) is 4.98 Å². The molecule has 0 aliphatic carbocycles. The summed E-state index contributed by atoms with van der Waals surface area (Å²) in [6.07, 6.45) is 1.50. The Labute approximate surface area is 145 Å². The van der Waals surface area contributed by atoms with Gasteiger partial charge in [0.25, 0.3) is 10.0 Å². The molecule has 0 fully saturated rings. The summed E-state index contributed by atoms with van der Waals surface area (Å²) in [5, 5.41) is 5.00. The lowest BCUT2D eigenvalue weighted by Crippen LogP contribution is -2.11. The van der Waals surface area contributed by atoms with Crippen molar-refractivity contribution in [2.24, 2.45) is 0 Å². The molecule has 2 heterocycles. The Kier molecular flexibility index (Phi) is 4.55. The van der Waals surface area contributed by atoms with E-state index in [1.54, 1.807) is 29.6 Å². The molecule has 3 rings (SSSR count). The number of benzene rings is 1. The fraction of sp³-hybridized carbons (Fsp3) is 0.118. The third kappa shape index (κ3) is 3.58. The van der Waals surface area contributed by atoms with Crippen molar-refractivity contribution in [2.75, 3.05) is 10.0 Å². The van der Waals surface area contributed by atoms with Gasteiger partial charge >= 0.3 is 0 Å². The summed E-state index contributed by atoms with van der Waals surface area (Å²) in [6, 6.07) is 12.8. The Morgan fingerprint density at radius 1 is 1.00 bits per heavy atom. The van der Waals surface area contributed by atoms with Crippen LogP contribution in [0.3, 0.4) is 0 Å². The lowest BCUT2D eigenvalue weighted by molar-refractivity contribution is 0.603. The Hall–Kier alpha value is -2.38. The van der Waals surface area contributed by atoms with Crippen LogP contribution in [-0.2, 0) is 10.0 Å². The van der Waals surface area contributed by atoms with Crippen molar-refractivity contribution in [1.29, 1.82) is 0 Å². The number of anilines is 3. The first kappa shape index (κ1) is 16.5. The number of nitrogens with zero attached hydrogens (tertiary/aromatic N) is 1. The topological polar surface area (TPSA) is 71.1 Å². The van der Waals surface area contributed by atoms with Crippen LogP contribution < -0.4 is 10.0 Å². The zero-order chi connectivity index (χ0) is 17.2. The van der Waals surface area contributed by atoms with Gasteiger partial charge in [0.15, 0.2) is 0 Å². The van der Waals surface area contributed by atoms with Crippen LogP contribution in [0.1, 0.15) is 11.1 Å². The number of aryl methyl sites for hydroxylation is 2. The van der Waals surface area contributed by atoms with Crippen LogP contribution in [-0.4, -0.2) is 13.4 Å². The van der Waals surface area contributed by atoms with Crippen LogP contribution in [0.5, 0.6) is 0 Å². The summed E-state index contributed by atoms with van der Waals surface area (Å²) in [7, 11) is -3.55. The lowest BCUT2D eigenvalue weighted by Gasteiger charge is -2.12. The zero-order valence-electron chi connectivity index (χ0n) is 13.3. The van der Waals surface area contributed by atoms with E-state index in [0.29, 0.717) is 11.5 Å². The molecule has 0 saturated heterocycles. The molecule has 0 aliphatic rings.